The van der Waals surface area contributed by atoms with Crippen molar-refractivity contribution < 1.29 is 0 Å². The molecule has 10 heavy (non-hydrogen) atoms. The molecule has 1 saturated heterocycles. The summed E-state index contributed by atoms with van der Waals surface area (Å²) >= 11 is 0. The molecular formula is C7H15NS2. The van der Waals surface area contributed by atoms with Gasteiger partial charge in [-0.2, -0.15) is 0 Å². The van der Waals surface area contributed by atoms with E-state index in [0.29, 0.717) is 0 Å². The summed E-state index contributed by atoms with van der Waals surface area (Å²) in [4.78, 5) is 0. The van der Waals surface area contributed by atoms with Gasteiger partial charge in [0, 0.05) is 17.5 Å². The summed E-state index contributed by atoms with van der Waals surface area (Å²) in [6, 6.07) is 0.793. The van der Waals surface area contributed by atoms with E-state index in [-0.39, 0.29) is 0 Å². The molecule has 0 aliphatic carbocycles. The van der Waals surface area contributed by atoms with Crippen molar-refractivity contribution in [3.63, 3.8) is 0 Å². The van der Waals surface area contributed by atoms with Crippen molar-refractivity contribution in [2.45, 2.75) is 25.8 Å². The molecule has 0 saturated carbocycles. The Balaban J connectivity index is 1.91. The normalized spacial score (nSPS) is 20.1. The Labute approximate surface area is 71.1 Å². The molecule has 3 heteroatoms. The van der Waals surface area contributed by atoms with Crippen LogP contribution in [0.3, 0.4) is 0 Å². The molecule has 0 radical (unpaired) electrons. The van der Waals surface area contributed by atoms with Crippen molar-refractivity contribution in [2.75, 3.05) is 18.1 Å². The molecule has 1 fully saturated rings. The van der Waals surface area contributed by atoms with Gasteiger partial charge in [-0.05, 0) is 13.0 Å². The average Bonchev–Trinajstić information content (AvgIpc) is 2.41. The van der Waals surface area contributed by atoms with Crippen molar-refractivity contribution >= 4 is 21.6 Å². The maximum atomic E-state index is 3.54. The molecule has 0 aromatic rings. The van der Waals surface area contributed by atoms with E-state index >= 15 is 0 Å². The molecule has 0 amide bonds. The Morgan fingerprint density at radius 1 is 1.40 bits per heavy atom. The van der Waals surface area contributed by atoms with Crippen molar-refractivity contribution in [3.8, 4) is 0 Å². The zero-order valence-corrected chi connectivity index (χ0v) is 8.06. The topological polar surface area (TPSA) is 12.0 Å². The molecule has 1 heterocycles. The third-order valence-corrected chi connectivity index (χ3v) is 4.15. The minimum absolute atomic E-state index is 0.793. The molecular weight excluding hydrogens is 162 g/mol. The summed E-state index contributed by atoms with van der Waals surface area (Å²) in [5, 5.41) is 3.54. The quantitative estimate of drug-likeness (QED) is 0.522. The predicted molar refractivity (Wildman–Crippen MR) is 51.6 cm³/mol. The van der Waals surface area contributed by atoms with Crippen LogP contribution in [0, 0.1) is 0 Å². The SMILES string of the molecule is CCCCNC1CSSC1. The fraction of sp³-hybridized carbons (Fsp3) is 1.00. The third kappa shape index (κ3) is 3.17. The van der Waals surface area contributed by atoms with E-state index < -0.39 is 0 Å². The van der Waals surface area contributed by atoms with Crippen molar-refractivity contribution in [1.29, 1.82) is 0 Å². The Morgan fingerprint density at radius 3 is 2.70 bits per heavy atom. The Hall–Kier alpha value is 0.660. The lowest BCUT2D eigenvalue weighted by atomic mass is 10.3. The second-order valence-corrected chi connectivity index (χ2v) is 5.13. The monoisotopic (exact) mass is 177 g/mol. The zero-order valence-electron chi connectivity index (χ0n) is 6.43. The number of unbranched alkanes of at least 4 members (excludes halogenated alkanes) is 1. The summed E-state index contributed by atoms with van der Waals surface area (Å²) in [5.74, 6) is 2.60. The van der Waals surface area contributed by atoms with E-state index in [1.165, 1.54) is 30.9 Å². The molecule has 1 aliphatic heterocycles. The van der Waals surface area contributed by atoms with Gasteiger partial charge in [0.05, 0.1) is 0 Å². The molecule has 0 unspecified atom stereocenters. The fourth-order valence-corrected chi connectivity index (χ4v) is 3.61. The number of rotatable bonds is 4. The first-order valence-electron chi connectivity index (χ1n) is 3.91. The third-order valence-electron chi connectivity index (χ3n) is 1.59. The smallest absolute Gasteiger partial charge is 0.0265 e. The van der Waals surface area contributed by atoms with Gasteiger partial charge < -0.3 is 5.32 Å². The van der Waals surface area contributed by atoms with Gasteiger partial charge in [-0.25, -0.2) is 0 Å². The Morgan fingerprint density at radius 2 is 2.10 bits per heavy atom. The van der Waals surface area contributed by atoms with Crippen LogP contribution >= 0.6 is 21.6 Å². The maximum absolute atomic E-state index is 3.54. The fourth-order valence-electron chi connectivity index (χ4n) is 0.909. The first kappa shape index (κ1) is 8.75. The summed E-state index contributed by atoms with van der Waals surface area (Å²) in [6.07, 6.45) is 2.63. The number of nitrogens with one attached hydrogen (secondary N) is 1. The predicted octanol–water partition coefficient (Wildman–Crippen LogP) is 2.14. The molecule has 1 aliphatic rings. The van der Waals surface area contributed by atoms with Gasteiger partial charge in [0.1, 0.15) is 0 Å². The highest BCUT2D eigenvalue weighted by molar-refractivity contribution is 8.77. The van der Waals surface area contributed by atoms with Crippen LogP contribution in [0.1, 0.15) is 19.8 Å². The first-order valence-corrected chi connectivity index (χ1v) is 6.40. The Bertz CT molecular complexity index is 81.7. The second-order valence-electron chi connectivity index (χ2n) is 2.57. The van der Waals surface area contributed by atoms with Crippen LogP contribution in [0.2, 0.25) is 0 Å². The molecule has 0 aromatic carbocycles. The average molecular weight is 177 g/mol. The standard InChI is InChI=1S/C7H15NS2/c1-2-3-4-8-7-5-9-10-6-7/h7-8H,2-6H2,1H3. The molecule has 0 spiro atoms. The maximum Gasteiger partial charge on any atom is 0.0265 e. The molecule has 60 valence electrons. The highest BCUT2D eigenvalue weighted by Gasteiger charge is 2.14. The summed E-state index contributed by atoms with van der Waals surface area (Å²) in [7, 11) is 3.99. The molecule has 1 nitrogen and oxygen atoms in total. The van der Waals surface area contributed by atoms with E-state index in [1.54, 1.807) is 0 Å². The van der Waals surface area contributed by atoms with E-state index in [9.17, 15) is 0 Å². The van der Waals surface area contributed by atoms with E-state index in [2.05, 4.69) is 12.2 Å². The van der Waals surface area contributed by atoms with Crippen LogP contribution in [-0.4, -0.2) is 24.1 Å². The van der Waals surface area contributed by atoms with Crippen LogP contribution in [0.4, 0.5) is 0 Å². The number of hydrogen-bond donors (Lipinski definition) is 1. The highest BCUT2D eigenvalue weighted by Crippen LogP contribution is 2.30. The van der Waals surface area contributed by atoms with E-state index in [0.717, 1.165) is 6.04 Å². The van der Waals surface area contributed by atoms with E-state index in [1.807, 2.05) is 21.6 Å². The van der Waals surface area contributed by atoms with Gasteiger partial charge in [-0.3, -0.25) is 0 Å². The minimum Gasteiger partial charge on any atom is -0.312 e. The summed E-state index contributed by atoms with van der Waals surface area (Å²) < 4.78 is 0. The van der Waals surface area contributed by atoms with Crippen molar-refractivity contribution in [2.24, 2.45) is 0 Å². The molecule has 1 rings (SSSR count). The summed E-state index contributed by atoms with van der Waals surface area (Å²) in [6.45, 7) is 3.45. The van der Waals surface area contributed by atoms with E-state index in [4.69, 9.17) is 0 Å². The lowest BCUT2D eigenvalue weighted by Crippen LogP contribution is -2.31. The molecule has 0 atom stereocenters. The Kier molecular flexibility index (Phi) is 4.66. The highest BCUT2D eigenvalue weighted by atomic mass is 33.1. The van der Waals surface area contributed by atoms with Crippen LogP contribution in [-0.2, 0) is 0 Å². The van der Waals surface area contributed by atoms with Gasteiger partial charge in [0.15, 0.2) is 0 Å². The second kappa shape index (κ2) is 5.33. The van der Waals surface area contributed by atoms with Crippen LogP contribution < -0.4 is 5.32 Å². The van der Waals surface area contributed by atoms with Gasteiger partial charge in [0.25, 0.3) is 0 Å². The zero-order chi connectivity index (χ0) is 7.23. The molecule has 0 bridgehead atoms. The summed E-state index contributed by atoms with van der Waals surface area (Å²) in [5.41, 5.74) is 0. The molecule has 1 N–H and O–H groups in total. The van der Waals surface area contributed by atoms with Gasteiger partial charge in [0.2, 0.25) is 0 Å². The molecule has 0 aromatic heterocycles. The van der Waals surface area contributed by atoms with Crippen LogP contribution in [0.25, 0.3) is 0 Å². The van der Waals surface area contributed by atoms with Crippen molar-refractivity contribution in [3.05, 3.63) is 0 Å². The number of hydrogen-bond acceptors (Lipinski definition) is 3. The van der Waals surface area contributed by atoms with Crippen molar-refractivity contribution in [1.82, 2.24) is 5.32 Å². The lowest BCUT2D eigenvalue weighted by molar-refractivity contribution is 0.581. The minimum atomic E-state index is 0.793. The van der Waals surface area contributed by atoms with Gasteiger partial charge in [-0.15, -0.1) is 0 Å². The first-order chi connectivity index (χ1) is 4.93. The van der Waals surface area contributed by atoms with Crippen LogP contribution in [0.5, 0.6) is 0 Å². The van der Waals surface area contributed by atoms with Crippen LogP contribution in [0.15, 0.2) is 0 Å². The lowest BCUT2D eigenvalue weighted by Gasteiger charge is -2.08. The van der Waals surface area contributed by atoms with Gasteiger partial charge in [-0.1, -0.05) is 34.9 Å². The largest absolute Gasteiger partial charge is 0.312 e. The van der Waals surface area contributed by atoms with Gasteiger partial charge >= 0.3 is 0 Å².